The summed E-state index contributed by atoms with van der Waals surface area (Å²) in [6.07, 6.45) is -3.66. The minimum atomic E-state index is -4.40. The molecule has 0 aromatic heterocycles. The summed E-state index contributed by atoms with van der Waals surface area (Å²) in [5.74, 6) is 0. The van der Waals surface area contributed by atoms with E-state index in [2.05, 4.69) is 5.32 Å². The monoisotopic (exact) mass is 301 g/mol. The third-order valence-corrected chi connectivity index (χ3v) is 4.34. The Labute approximate surface area is 121 Å². The number of rotatable bonds is 1. The van der Waals surface area contributed by atoms with Gasteiger partial charge in [0.25, 0.3) is 0 Å². The van der Waals surface area contributed by atoms with Gasteiger partial charge in [-0.05, 0) is 43.0 Å². The zero-order chi connectivity index (χ0) is 15.3. The Morgan fingerprint density at radius 1 is 1.24 bits per heavy atom. The normalized spacial score (nSPS) is 33.0. The van der Waals surface area contributed by atoms with Gasteiger partial charge in [-0.3, -0.25) is 0 Å². The van der Waals surface area contributed by atoms with Crippen molar-refractivity contribution in [2.24, 2.45) is 0 Å². The van der Waals surface area contributed by atoms with Crippen LogP contribution in [0.15, 0.2) is 18.2 Å². The molecule has 1 aromatic carbocycles. The minimum absolute atomic E-state index is 0.0172. The van der Waals surface area contributed by atoms with Crippen molar-refractivity contribution in [2.45, 2.75) is 43.6 Å². The van der Waals surface area contributed by atoms with Crippen molar-refractivity contribution in [3.05, 3.63) is 34.9 Å². The van der Waals surface area contributed by atoms with Crippen LogP contribution in [0.4, 0.5) is 13.2 Å². The first kappa shape index (κ1) is 14.8. The lowest BCUT2D eigenvalue weighted by molar-refractivity contribution is -0.138. The van der Waals surface area contributed by atoms with Crippen molar-refractivity contribution < 1.29 is 23.0 Å². The molecule has 116 valence electrons. The molecule has 6 heteroatoms. The van der Waals surface area contributed by atoms with Crippen molar-refractivity contribution in [3.63, 3.8) is 0 Å². The number of ether oxygens (including phenoxy) is 1. The molecular formula is C15H18F3NO2. The molecule has 2 N–H and O–H groups in total. The van der Waals surface area contributed by atoms with Crippen molar-refractivity contribution >= 4 is 0 Å². The first-order chi connectivity index (χ1) is 9.78. The number of fused-ring (bicyclic) bond motifs is 2. The lowest BCUT2D eigenvalue weighted by Gasteiger charge is -2.45. The van der Waals surface area contributed by atoms with E-state index < -0.39 is 17.3 Å². The Hall–Kier alpha value is -1.11. The van der Waals surface area contributed by atoms with Crippen molar-refractivity contribution in [1.29, 1.82) is 0 Å². The standard InChI is InChI=1S/C15H18F3NO2/c1-9-2-3-10(15(16,17)18)4-13(9)14(20)5-11-7-21-8-12(6-14)19-11/h2-4,11-12,19-20H,5-8H2,1H3. The fraction of sp³-hybridized carbons (Fsp3) is 0.600. The Bertz CT molecular complexity index is 532. The second-order valence-corrected chi connectivity index (χ2v) is 6.07. The molecule has 2 unspecified atom stereocenters. The molecule has 0 spiro atoms. The Morgan fingerprint density at radius 3 is 2.43 bits per heavy atom. The Morgan fingerprint density at radius 2 is 1.86 bits per heavy atom. The fourth-order valence-electron chi connectivity index (χ4n) is 3.44. The fourth-order valence-corrected chi connectivity index (χ4v) is 3.44. The van der Waals surface area contributed by atoms with Crippen molar-refractivity contribution in [3.8, 4) is 0 Å². The van der Waals surface area contributed by atoms with Crippen LogP contribution in [0.5, 0.6) is 0 Å². The highest BCUT2D eigenvalue weighted by atomic mass is 19.4. The van der Waals surface area contributed by atoms with Gasteiger partial charge in [-0.15, -0.1) is 0 Å². The summed E-state index contributed by atoms with van der Waals surface area (Å²) in [5, 5.41) is 14.3. The number of hydrogen-bond donors (Lipinski definition) is 2. The van der Waals surface area contributed by atoms with Gasteiger partial charge in [0, 0.05) is 12.1 Å². The SMILES string of the molecule is Cc1ccc(C(F)(F)F)cc1C1(O)CC2COCC(C1)N2. The van der Waals surface area contributed by atoms with Crippen LogP contribution in [0, 0.1) is 6.92 Å². The number of alkyl halides is 3. The van der Waals surface area contributed by atoms with E-state index in [1.165, 1.54) is 6.07 Å². The zero-order valence-corrected chi connectivity index (χ0v) is 11.7. The number of morpholine rings is 1. The molecule has 2 heterocycles. The molecule has 2 aliphatic heterocycles. The summed E-state index contributed by atoms with van der Waals surface area (Å²) in [5.41, 5.74) is -0.867. The molecule has 0 saturated carbocycles. The molecule has 2 fully saturated rings. The van der Waals surface area contributed by atoms with Crippen LogP contribution in [0.3, 0.4) is 0 Å². The van der Waals surface area contributed by atoms with Gasteiger partial charge in [0.15, 0.2) is 0 Å². The lowest BCUT2D eigenvalue weighted by atomic mass is 9.76. The number of nitrogens with one attached hydrogen (secondary N) is 1. The maximum absolute atomic E-state index is 12.9. The Balaban J connectivity index is 1.98. The molecule has 21 heavy (non-hydrogen) atoms. The van der Waals surface area contributed by atoms with Crippen molar-refractivity contribution in [2.75, 3.05) is 13.2 Å². The zero-order valence-electron chi connectivity index (χ0n) is 11.7. The average molecular weight is 301 g/mol. The van der Waals surface area contributed by atoms with Gasteiger partial charge in [-0.2, -0.15) is 13.2 Å². The van der Waals surface area contributed by atoms with Crippen molar-refractivity contribution in [1.82, 2.24) is 5.32 Å². The highest BCUT2D eigenvalue weighted by Gasteiger charge is 2.44. The van der Waals surface area contributed by atoms with Crippen LogP contribution >= 0.6 is 0 Å². The van der Waals surface area contributed by atoms with Crippen LogP contribution in [0.2, 0.25) is 0 Å². The van der Waals surface area contributed by atoms with Gasteiger partial charge < -0.3 is 15.2 Å². The maximum atomic E-state index is 12.9. The number of hydrogen-bond acceptors (Lipinski definition) is 3. The van der Waals surface area contributed by atoms with E-state index in [4.69, 9.17) is 4.74 Å². The predicted molar refractivity (Wildman–Crippen MR) is 70.8 cm³/mol. The van der Waals surface area contributed by atoms with E-state index in [0.717, 1.165) is 12.1 Å². The lowest BCUT2D eigenvalue weighted by Crippen LogP contribution is -2.58. The third kappa shape index (κ3) is 2.80. The second-order valence-electron chi connectivity index (χ2n) is 6.07. The summed E-state index contributed by atoms with van der Waals surface area (Å²) in [6, 6.07) is 3.56. The molecule has 2 bridgehead atoms. The van der Waals surface area contributed by atoms with Gasteiger partial charge in [0.2, 0.25) is 0 Å². The highest BCUT2D eigenvalue weighted by molar-refractivity contribution is 5.37. The summed E-state index contributed by atoms with van der Waals surface area (Å²) in [7, 11) is 0. The van der Waals surface area contributed by atoms with Gasteiger partial charge in [-0.25, -0.2) is 0 Å². The molecular weight excluding hydrogens is 283 g/mol. The molecule has 3 nitrogen and oxygen atoms in total. The molecule has 0 aliphatic carbocycles. The summed E-state index contributed by atoms with van der Waals surface area (Å²) in [6.45, 7) is 2.70. The number of benzene rings is 1. The number of aliphatic hydroxyl groups is 1. The van der Waals surface area contributed by atoms with E-state index in [1.54, 1.807) is 6.92 Å². The molecule has 2 saturated heterocycles. The number of halogens is 3. The van der Waals surface area contributed by atoms with E-state index >= 15 is 0 Å². The summed E-state index contributed by atoms with van der Waals surface area (Å²) in [4.78, 5) is 0. The smallest absolute Gasteiger partial charge is 0.385 e. The van der Waals surface area contributed by atoms with Crippen LogP contribution in [0.25, 0.3) is 0 Å². The molecule has 0 amide bonds. The predicted octanol–water partition coefficient (Wildman–Crippen LogP) is 2.35. The minimum Gasteiger partial charge on any atom is -0.385 e. The molecule has 1 aromatic rings. The number of piperidine rings is 1. The van der Waals surface area contributed by atoms with Gasteiger partial charge >= 0.3 is 6.18 Å². The largest absolute Gasteiger partial charge is 0.416 e. The molecule has 0 radical (unpaired) electrons. The summed E-state index contributed by atoms with van der Waals surface area (Å²) < 4.78 is 44.1. The summed E-state index contributed by atoms with van der Waals surface area (Å²) >= 11 is 0. The van der Waals surface area contributed by atoms with Crippen LogP contribution in [0.1, 0.15) is 29.5 Å². The van der Waals surface area contributed by atoms with Crippen LogP contribution in [-0.4, -0.2) is 30.4 Å². The number of aryl methyl sites for hydroxylation is 1. The first-order valence-electron chi connectivity index (χ1n) is 7.02. The quantitative estimate of drug-likeness (QED) is 0.836. The van der Waals surface area contributed by atoms with Crippen LogP contribution in [-0.2, 0) is 16.5 Å². The molecule has 2 aliphatic rings. The van der Waals surface area contributed by atoms with E-state index in [1.807, 2.05) is 0 Å². The first-order valence-corrected chi connectivity index (χ1v) is 7.02. The topological polar surface area (TPSA) is 41.5 Å². The second kappa shape index (κ2) is 4.97. The van der Waals surface area contributed by atoms with Crippen LogP contribution < -0.4 is 5.32 Å². The molecule has 3 rings (SSSR count). The van der Waals surface area contributed by atoms with E-state index in [9.17, 15) is 18.3 Å². The maximum Gasteiger partial charge on any atom is 0.416 e. The molecule has 2 atom stereocenters. The van der Waals surface area contributed by atoms with E-state index in [0.29, 0.717) is 37.2 Å². The van der Waals surface area contributed by atoms with Gasteiger partial charge in [-0.1, -0.05) is 6.07 Å². The highest BCUT2D eigenvalue weighted by Crippen LogP contribution is 2.40. The van der Waals surface area contributed by atoms with Gasteiger partial charge in [0.1, 0.15) is 0 Å². The Kier molecular flexibility index (Phi) is 3.50. The third-order valence-electron chi connectivity index (χ3n) is 4.34. The van der Waals surface area contributed by atoms with E-state index in [-0.39, 0.29) is 12.1 Å². The average Bonchev–Trinajstić information content (AvgIpc) is 2.36. The van der Waals surface area contributed by atoms with Gasteiger partial charge in [0.05, 0.1) is 24.4 Å².